The van der Waals surface area contributed by atoms with Crippen LogP contribution in [0.25, 0.3) is 60.5 Å². The first-order valence-electron chi connectivity index (χ1n) is 19.0. The fourth-order valence-electron chi connectivity index (χ4n) is 9.14. The van der Waals surface area contributed by atoms with E-state index in [4.69, 9.17) is 0 Å². The van der Waals surface area contributed by atoms with Crippen LogP contribution in [0.3, 0.4) is 0 Å². The van der Waals surface area contributed by atoms with Crippen LogP contribution in [0.1, 0.15) is 41.7 Å². The average Bonchev–Trinajstić information content (AvgIpc) is 3.63. The summed E-state index contributed by atoms with van der Waals surface area (Å²) in [4.78, 5) is 2.46. The Kier molecular flexibility index (Phi) is 7.22. The average molecular weight is 695 g/mol. The second-order valence-corrected chi connectivity index (χ2v) is 15.6. The van der Waals surface area contributed by atoms with Gasteiger partial charge in [0, 0.05) is 38.6 Å². The number of rotatable bonds is 5. The highest BCUT2D eigenvalue weighted by Crippen LogP contribution is 2.55. The molecule has 0 radical (unpaired) electrons. The Morgan fingerprint density at radius 2 is 1.11 bits per heavy atom. The van der Waals surface area contributed by atoms with E-state index in [9.17, 15) is 0 Å². The molecule has 2 nitrogen and oxygen atoms in total. The summed E-state index contributed by atoms with van der Waals surface area (Å²) in [6.07, 6.45) is 0. The maximum Gasteiger partial charge on any atom is 0.0543 e. The van der Waals surface area contributed by atoms with E-state index in [-0.39, 0.29) is 5.41 Å². The number of aromatic nitrogens is 1. The molecule has 0 saturated carbocycles. The van der Waals surface area contributed by atoms with E-state index in [1.807, 2.05) is 0 Å². The van der Waals surface area contributed by atoms with Gasteiger partial charge in [-0.25, -0.2) is 0 Å². The van der Waals surface area contributed by atoms with E-state index < -0.39 is 0 Å². The van der Waals surface area contributed by atoms with Gasteiger partial charge in [-0.3, -0.25) is 0 Å². The van der Waals surface area contributed by atoms with Gasteiger partial charge in [-0.2, -0.15) is 0 Å². The van der Waals surface area contributed by atoms with E-state index in [1.54, 1.807) is 0 Å². The van der Waals surface area contributed by atoms with Crippen molar-refractivity contribution in [3.63, 3.8) is 0 Å². The van der Waals surface area contributed by atoms with Gasteiger partial charge in [0.2, 0.25) is 0 Å². The molecule has 0 amide bonds. The summed E-state index contributed by atoms with van der Waals surface area (Å²) in [5, 5.41) is 5.10. The zero-order valence-corrected chi connectivity index (χ0v) is 31.5. The molecule has 0 fully saturated rings. The monoisotopic (exact) mass is 694 g/mol. The number of hydrogen-bond acceptors (Lipinski definition) is 1. The molecule has 0 aliphatic heterocycles. The molecule has 1 aromatic heterocycles. The van der Waals surface area contributed by atoms with E-state index in [0.717, 1.165) is 5.69 Å². The Labute approximate surface area is 317 Å². The standard InChI is InChI=1S/C52H42N2/c1-33-20-25-47(35(3)28-33)53(38-16-10-7-11-17-38)50-32-46-51(41-19-13-12-18-40(41)50)42-24-23-39(31-45(42)52(46,4)5)54-48-26-21-34(2)29-43(48)44-30-37(22-27-49(44)54)36-14-8-6-9-15-36/h6-32H,1-5H3. The molecule has 8 aromatic carbocycles. The molecule has 1 aliphatic rings. The van der Waals surface area contributed by atoms with Crippen LogP contribution in [0.4, 0.5) is 17.1 Å². The summed E-state index contributed by atoms with van der Waals surface area (Å²) >= 11 is 0. The molecule has 0 bridgehead atoms. The third-order valence-corrected chi connectivity index (χ3v) is 11.8. The summed E-state index contributed by atoms with van der Waals surface area (Å²) in [5.74, 6) is 0. The minimum atomic E-state index is -0.236. The van der Waals surface area contributed by atoms with Crippen molar-refractivity contribution in [1.82, 2.24) is 4.57 Å². The van der Waals surface area contributed by atoms with Crippen molar-refractivity contribution < 1.29 is 0 Å². The lowest BCUT2D eigenvalue weighted by Crippen LogP contribution is -2.17. The Morgan fingerprint density at radius 1 is 0.463 bits per heavy atom. The second kappa shape index (κ2) is 12.1. The van der Waals surface area contributed by atoms with Crippen LogP contribution in [0.2, 0.25) is 0 Å². The van der Waals surface area contributed by atoms with Gasteiger partial charge in [0.25, 0.3) is 0 Å². The van der Waals surface area contributed by atoms with Gasteiger partial charge in [0.1, 0.15) is 0 Å². The number of anilines is 3. The third-order valence-electron chi connectivity index (χ3n) is 11.8. The molecule has 54 heavy (non-hydrogen) atoms. The van der Waals surface area contributed by atoms with Crippen molar-refractivity contribution in [2.75, 3.05) is 4.90 Å². The van der Waals surface area contributed by atoms with Crippen LogP contribution in [0.5, 0.6) is 0 Å². The summed E-state index contributed by atoms with van der Waals surface area (Å²) in [5.41, 5.74) is 18.6. The lowest BCUT2D eigenvalue weighted by Gasteiger charge is -2.31. The molecule has 9 aromatic rings. The molecule has 1 aliphatic carbocycles. The first-order chi connectivity index (χ1) is 26.3. The lowest BCUT2D eigenvalue weighted by molar-refractivity contribution is 0.660. The maximum absolute atomic E-state index is 2.48. The summed E-state index contributed by atoms with van der Waals surface area (Å²) in [7, 11) is 0. The van der Waals surface area contributed by atoms with Gasteiger partial charge in [0.05, 0.1) is 16.7 Å². The molecule has 0 saturated heterocycles. The minimum Gasteiger partial charge on any atom is -0.310 e. The molecule has 10 rings (SSSR count). The van der Waals surface area contributed by atoms with Crippen molar-refractivity contribution in [1.29, 1.82) is 0 Å². The molecule has 0 N–H and O–H groups in total. The predicted molar refractivity (Wildman–Crippen MR) is 230 cm³/mol. The molecule has 260 valence electrons. The number of benzene rings is 8. The number of hydrogen-bond donors (Lipinski definition) is 0. The van der Waals surface area contributed by atoms with Crippen LogP contribution in [-0.2, 0) is 5.41 Å². The van der Waals surface area contributed by atoms with Crippen molar-refractivity contribution in [2.24, 2.45) is 0 Å². The van der Waals surface area contributed by atoms with Crippen molar-refractivity contribution in [3.05, 3.63) is 192 Å². The molecule has 0 spiro atoms. The Morgan fingerprint density at radius 3 is 1.87 bits per heavy atom. The van der Waals surface area contributed by atoms with Crippen molar-refractivity contribution in [2.45, 2.75) is 40.0 Å². The molecular formula is C52H42N2. The zero-order valence-electron chi connectivity index (χ0n) is 31.5. The molecule has 0 unspecified atom stereocenters. The Balaban J connectivity index is 1.19. The normalized spacial score (nSPS) is 13.1. The van der Waals surface area contributed by atoms with Crippen LogP contribution < -0.4 is 4.90 Å². The zero-order chi connectivity index (χ0) is 36.7. The third kappa shape index (κ3) is 4.87. The molecule has 1 heterocycles. The first-order valence-corrected chi connectivity index (χ1v) is 19.0. The Hall–Kier alpha value is -6.38. The van der Waals surface area contributed by atoms with E-state index in [0.29, 0.717) is 0 Å². The van der Waals surface area contributed by atoms with E-state index in [1.165, 1.54) is 99.7 Å². The van der Waals surface area contributed by atoms with Gasteiger partial charge < -0.3 is 9.47 Å². The predicted octanol–water partition coefficient (Wildman–Crippen LogP) is 14.3. The van der Waals surface area contributed by atoms with Crippen LogP contribution in [0.15, 0.2) is 164 Å². The minimum absolute atomic E-state index is 0.236. The quantitative estimate of drug-likeness (QED) is 0.174. The van der Waals surface area contributed by atoms with Gasteiger partial charge in [-0.15, -0.1) is 0 Å². The summed E-state index contributed by atoms with van der Waals surface area (Å²) in [6, 6.07) is 60.8. The van der Waals surface area contributed by atoms with Crippen LogP contribution in [-0.4, -0.2) is 4.57 Å². The second-order valence-electron chi connectivity index (χ2n) is 15.6. The highest BCUT2D eigenvalue weighted by atomic mass is 15.1. The van der Waals surface area contributed by atoms with Crippen molar-refractivity contribution in [3.8, 4) is 27.9 Å². The Bertz CT molecular complexity index is 2930. The SMILES string of the molecule is Cc1ccc(N(c2ccccc2)c2cc3c(c4ccccc24)-c2ccc(-n4c5ccc(C)cc5c5cc(-c6ccccc6)ccc54)cc2C3(C)C)c(C)c1. The highest BCUT2D eigenvalue weighted by molar-refractivity contribution is 6.12. The number of nitrogens with zero attached hydrogens (tertiary/aromatic N) is 2. The topological polar surface area (TPSA) is 8.17 Å². The van der Waals surface area contributed by atoms with Crippen LogP contribution >= 0.6 is 0 Å². The van der Waals surface area contributed by atoms with Crippen molar-refractivity contribution >= 4 is 49.6 Å². The van der Waals surface area contributed by atoms with E-state index >= 15 is 0 Å². The smallest absolute Gasteiger partial charge is 0.0543 e. The molecule has 0 atom stereocenters. The fraction of sp³-hybridized carbons (Fsp3) is 0.115. The highest BCUT2D eigenvalue weighted by Gasteiger charge is 2.38. The van der Waals surface area contributed by atoms with E-state index in [2.05, 4.69) is 208 Å². The number of aryl methyl sites for hydroxylation is 3. The molecular weight excluding hydrogens is 653 g/mol. The largest absolute Gasteiger partial charge is 0.310 e. The fourth-order valence-corrected chi connectivity index (χ4v) is 9.14. The lowest BCUT2D eigenvalue weighted by atomic mass is 9.81. The molecule has 2 heteroatoms. The van der Waals surface area contributed by atoms with Gasteiger partial charge in [0.15, 0.2) is 0 Å². The van der Waals surface area contributed by atoms with Gasteiger partial charge >= 0.3 is 0 Å². The van der Waals surface area contributed by atoms with Crippen LogP contribution in [0, 0.1) is 20.8 Å². The maximum atomic E-state index is 2.48. The van der Waals surface area contributed by atoms with Gasteiger partial charge in [-0.05, 0) is 126 Å². The summed E-state index contributed by atoms with van der Waals surface area (Å²) in [6.45, 7) is 11.4. The van der Waals surface area contributed by atoms with Gasteiger partial charge in [-0.1, -0.05) is 128 Å². The number of para-hydroxylation sites is 1. The summed E-state index contributed by atoms with van der Waals surface area (Å²) < 4.78 is 2.47. The first kappa shape index (κ1) is 32.3. The number of fused-ring (bicyclic) bond motifs is 8.